The first-order valence-electron chi connectivity index (χ1n) is 7.10. The summed E-state index contributed by atoms with van der Waals surface area (Å²) in [6, 6.07) is 8.69. The molecule has 0 aromatic heterocycles. The maximum atomic E-state index is 11.0. The van der Waals surface area contributed by atoms with Crippen LogP contribution in [0.5, 0.6) is 0 Å². The van der Waals surface area contributed by atoms with Crippen LogP contribution in [0, 0.1) is 5.41 Å². The van der Waals surface area contributed by atoms with Crippen LogP contribution in [-0.4, -0.2) is 16.8 Å². The second-order valence-corrected chi connectivity index (χ2v) is 8.08. The Morgan fingerprint density at radius 3 is 2.10 bits per heavy atom. The fourth-order valence-corrected chi connectivity index (χ4v) is 2.72. The molecular formula is C17H26O2S. The quantitative estimate of drug-likeness (QED) is 0.594. The molecule has 0 bridgehead atoms. The maximum Gasteiger partial charge on any atom is 0.309 e. The first-order valence-corrected chi connectivity index (χ1v) is 8.08. The molecule has 0 radical (unpaired) electrons. The van der Waals surface area contributed by atoms with Crippen LogP contribution in [0.2, 0.25) is 0 Å². The number of carboxylic acids is 1. The topological polar surface area (TPSA) is 37.3 Å². The Kier molecular flexibility index (Phi) is 5.69. The molecule has 1 aromatic carbocycles. The molecule has 0 unspecified atom stereocenters. The minimum atomic E-state index is -0.711. The van der Waals surface area contributed by atoms with Crippen LogP contribution in [-0.2, 0) is 10.2 Å². The Balaban J connectivity index is 2.42. The molecule has 0 aliphatic rings. The number of carboxylic acid groups (broad SMARTS) is 1. The van der Waals surface area contributed by atoms with Crippen molar-refractivity contribution in [2.75, 3.05) is 5.75 Å². The lowest BCUT2D eigenvalue weighted by molar-refractivity contribution is -0.147. The molecule has 1 rings (SSSR count). The van der Waals surface area contributed by atoms with Gasteiger partial charge in [-0.05, 0) is 55.6 Å². The van der Waals surface area contributed by atoms with Gasteiger partial charge in [0.25, 0.3) is 0 Å². The zero-order valence-electron chi connectivity index (χ0n) is 13.2. The van der Waals surface area contributed by atoms with Crippen LogP contribution >= 0.6 is 11.8 Å². The fourth-order valence-electron chi connectivity index (χ4n) is 1.86. The smallest absolute Gasteiger partial charge is 0.309 e. The van der Waals surface area contributed by atoms with E-state index in [4.69, 9.17) is 5.11 Å². The molecule has 0 fully saturated rings. The number of benzene rings is 1. The molecule has 3 heteroatoms. The predicted octanol–water partition coefficient (Wildman–Crippen LogP) is 4.97. The molecule has 1 aromatic rings. The van der Waals surface area contributed by atoms with E-state index in [0.29, 0.717) is 0 Å². The summed E-state index contributed by atoms with van der Waals surface area (Å²) in [4.78, 5) is 12.3. The van der Waals surface area contributed by atoms with Crippen molar-refractivity contribution in [1.82, 2.24) is 0 Å². The normalized spacial score (nSPS) is 12.4. The van der Waals surface area contributed by atoms with E-state index >= 15 is 0 Å². The van der Waals surface area contributed by atoms with Crippen LogP contribution in [0.15, 0.2) is 29.2 Å². The Bertz CT molecular complexity index is 441. The van der Waals surface area contributed by atoms with Gasteiger partial charge in [0, 0.05) is 4.90 Å². The van der Waals surface area contributed by atoms with Gasteiger partial charge >= 0.3 is 5.97 Å². The van der Waals surface area contributed by atoms with Gasteiger partial charge < -0.3 is 5.11 Å². The fraction of sp³-hybridized carbons (Fsp3) is 0.588. The highest BCUT2D eigenvalue weighted by Gasteiger charge is 2.26. The minimum Gasteiger partial charge on any atom is -0.481 e. The van der Waals surface area contributed by atoms with Crippen molar-refractivity contribution in [2.45, 2.75) is 57.8 Å². The monoisotopic (exact) mass is 294 g/mol. The van der Waals surface area contributed by atoms with E-state index in [2.05, 4.69) is 45.0 Å². The summed E-state index contributed by atoms with van der Waals surface area (Å²) in [5.74, 6) is 0.253. The molecular weight excluding hydrogens is 268 g/mol. The van der Waals surface area contributed by atoms with Crippen LogP contribution in [0.4, 0.5) is 0 Å². The molecule has 0 heterocycles. The van der Waals surface area contributed by atoms with E-state index in [1.54, 1.807) is 25.6 Å². The van der Waals surface area contributed by atoms with Crippen molar-refractivity contribution in [1.29, 1.82) is 0 Å². The third kappa shape index (κ3) is 5.20. The van der Waals surface area contributed by atoms with E-state index in [9.17, 15) is 4.79 Å². The average Bonchev–Trinajstić information content (AvgIpc) is 2.34. The van der Waals surface area contributed by atoms with Crippen molar-refractivity contribution >= 4 is 17.7 Å². The van der Waals surface area contributed by atoms with Gasteiger partial charge in [0.1, 0.15) is 0 Å². The molecule has 0 aliphatic heterocycles. The summed E-state index contributed by atoms with van der Waals surface area (Å²) in [6.45, 7) is 10.2. The van der Waals surface area contributed by atoms with Gasteiger partial charge in [0.05, 0.1) is 5.41 Å². The summed E-state index contributed by atoms with van der Waals surface area (Å²) in [7, 11) is 0. The van der Waals surface area contributed by atoms with Gasteiger partial charge in [0.15, 0.2) is 0 Å². The highest BCUT2D eigenvalue weighted by Crippen LogP contribution is 2.28. The number of aliphatic carboxylic acids is 1. The minimum absolute atomic E-state index is 0.189. The van der Waals surface area contributed by atoms with Crippen LogP contribution < -0.4 is 0 Å². The molecule has 2 nitrogen and oxygen atoms in total. The summed E-state index contributed by atoms with van der Waals surface area (Å²) in [6.07, 6.45) is 1.64. The maximum absolute atomic E-state index is 11.0. The first kappa shape index (κ1) is 17.1. The molecule has 0 saturated heterocycles. The standard InChI is InChI=1S/C17H26O2S/c1-16(2,3)13-7-9-14(10-8-13)20-12-6-11-17(4,5)15(18)19/h7-10H,6,11-12H2,1-5H3,(H,18,19). The number of thioether (sulfide) groups is 1. The molecule has 112 valence electrons. The van der Waals surface area contributed by atoms with E-state index in [1.807, 2.05) is 0 Å². The lowest BCUT2D eigenvalue weighted by Gasteiger charge is -2.19. The lowest BCUT2D eigenvalue weighted by Crippen LogP contribution is -2.23. The highest BCUT2D eigenvalue weighted by atomic mass is 32.2. The highest BCUT2D eigenvalue weighted by molar-refractivity contribution is 7.99. The van der Waals surface area contributed by atoms with Gasteiger partial charge in [-0.3, -0.25) is 4.79 Å². The molecule has 0 saturated carbocycles. The van der Waals surface area contributed by atoms with Crippen LogP contribution in [0.1, 0.15) is 53.0 Å². The van der Waals surface area contributed by atoms with Crippen LogP contribution in [0.25, 0.3) is 0 Å². The predicted molar refractivity (Wildman–Crippen MR) is 86.5 cm³/mol. The molecule has 0 aliphatic carbocycles. The second-order valence-electron chi connectivity index (χ2n) is 6.92. The largest absolute Gasteiger partial charge is 0.481 e. The molecule has 0 amide bonds. The third-order valence-corrected chi connectivity index (χ3v) is 4.61. The average molecular weight is 294 g/mol. The number of hydrogen-bond acceptors (Lipinski definition) is 2. The molecule has 0 spiro atoms. The van der Waals surface area contributed by atoms with E-state index in [1.165, 1.54) is 10.5 Å². The Morgan fingerprint density at radius 2 is 1.65 bits per heavy atom. The van der Waals surface area contributed by atoms with Gasteiger partial charge in [-0.25, -0.2) is 0 Å². The second kappa shape index (κ2) is 6.66. The third-order valence-electron chi connectivity index (χ3n) is 3.51. The van der Waals surface area contributed by atoms with E-state index in [-0.39, 0.29) is 5.41 Å². The van der Waals surface area contributed by atoms with Gasteiger partial charge in [-0.15, -0.1) is 11.8 Å². The number of rotatable bonds is 6. The molecule has 20 heavy (non-hydrogen) atoms. The van der Waals surface area contributed by atoms with Gasteiger partial charge in [0.2, 0.25) is 0 Å². The van der Waals surface area contributed by atoms with Crippen molar-refractivity contribution in [3.63, 3.8) is 0 Å². The van der Waals surface area contributed by atoms with Crippen molar-refractivity contribution in [3.05, 3.63) is 29.8 Å². The summed E-state index contributed by atoms with van der Waals surface area (Å²) >= 11 is 1.80. The Labute approximate surface area is 127 Å². The van der Waals surface area contributed by atoms with Gasteiger partial charge in [-0.2, -0.15) is 0 Å². The van der Waals surface area contributed by atoms with Crippen molar-refractivity contribution < 1.29 is 9.90 Å². The number of carbonyl (C=O) groups is 1. The Morgan fingerprint density at radius 1 is 1.10 bits per heavy atom. The summed E-state index contributed by atoms with van der Waals surface area (Å²) in [5, 5.41) is 9.06. The summed E-state index contributed by atoms with van der Waals surface area (Å²) in [5.41, 5.74) is 0.916. The van der Waals surface area contributed by atoms with E-state index in [0.717, 1.165) is 18.6 Å². The zero-order chi connectivity index (χ0) is 15.4. The van der Waals surface area contributed by atoms with Crippen molar-refractivity contribution in [3.8, 4) is 0 Å². The Hall–Kier alpha value is -0.960. The zero-order valence-corrected chi connectivity index (χ0v) is 14.0. The summed E-state index contributed by atoms with van der Waals surface area (Å²) < 4.78 is 0. The molecule has 0 atom stereocenters. The van der Waals surface area contributed by atoms with Crippen molar-refractivity contribution in [2.24, 2.45) is 5.41 Å². The van der Waals surface area contributed by atoms with Crippen LogP contribution in [0.3, 0.4) is 0 Å². The molecule has 1 N–H and O–H groups in total. The lowest BCUT2D eigenvalue weighted by atomic mass is 9.87. The van der Waals surface area contributed by atoms with E-state index < -0.39 is 11.4 Å². The van der Waals surface area contributed by atoms with Gasteiger partial charge in [-0.1, -0.05) is 32.9 Å². The SMILES string of the molecule is CC(C)(CCCSc1ccc(C(C)(C)C)cc1)C(=O)O. The first-order chi connectivity index (χ1) is 9.13. The number of hydrogen-bond donors (Lipinski definition) is 1.